The first kappa shape index (κ1) is 13.7. The number of fused-ring (bicyclic) bond motifs is 1. The highest BCUT2D eigenvalue weighted by Gasteiger charge is 2.34. The first-order valence-corrected chi connectivity index (χ1v) is 6.28. The fraction of sp³-hybridized carbons (Fsp3) is 0.500. The Labute approximate surface area is 113 Å². The van der Waals surface area contributed by atoms with Crippen LogP contribution in [0.15, 0.2) is 18.2 Å². The van der Waals surface area contributed by atoms with E-state index >= 15 is 0 Å². The highest BCUT2D eigenvalue weighted by molar-refractivity contribution is 5.78. The van der Waals surface area contributed by atoms with Crippen LogP contribution in [0.2, 0.25) is 0 Å². The van der Waals surface area contributed by atoms with Crippen molar-refractivity contribution in [3.05, 3.63) is 23.8 Å². The molecular formula is C14H20N2O3. The average molecular weight is 264 g/mol. The molecule has 1 aliphatic heterocycles. The topological polar surface area (TPSA) is 73.6 Å². The maximum absolute atomic E-state index is 11.7. The largest absolute Gasteiger partial charge is 0.487 e. The van der Waals surface area contributed by atoms with Crippen molar-refractivity contribution in [2.45, 2.75) is 31.9 Å². The van der Waals surface area contributed by atoms with Crippen LogP contribution >= 0.6 is 0 Å². The smallest absolute Gasteiger partial charge is 0.246 e. The summed E-state index contributed by atoms with van der Waals surface area (Å²) in [5.74, 6) is 0.631. The Morgan fingerprint density at radius 1 is 1.58 bits per heavy atom. The van der Waals surface area contributed by atoms with Crippen molar-refractivity contribution < 1.29 is 14.3 Å². The first-order valence-electron chi connectivity index (χ1n) is 6.28. The van der Waals surface area contributed by atoms with Gasteiger partial charge in [0.05, 0.1) is 6.04 Å². The molecule has 0 saturated carbocycles. The van der Waals surface area contributed by atoms with Gasteiger partial charge in [0, 0.05) is 24.8 Å². The van der Waals surface area contributed by atoms with Crippen molar-refractivity contribution in [1.29, 1.82) is 0 Å². The molecular weight excluding hydrogens is 244 g/mol. The molecule has 0 aliphatic carbocycles. The van der Waals surface area contributed by atoms with E-state index in [1.54, 1.807) is 6.07 Å². The molecule has 1 atom stereocenters. The van der Waals surface area contributed by atoms with Crippen molar-refractivity contribution in [3.8, 4) is 5.75 Å². The van der Waals surface area contributed by atoms with Crippen LogP contribution in [0.5, 0.6) is 5.75 Å². The third-order valence-corrected chi connectivity index (χ3v) is 3.10. The van der Waals surface area contributed by atoms with Gasteiger partial charge in [0.1, 0.15) is 18.0 Å². The number of hydrogen-bond acceptors (Lipinski definition) is 4. The van der Waals surface area contributed by atoms with E-state index in [2.05, 4.69) is 5.32 Å². The number of hydrogen-bond donors (Lipinski definition) is 2. The number of nitrogen functional groups attached to an aromatic ring is 1. The first-order chi connectivity index (χ1) is 8.91. The molecule has 5 nitrogen and oxygen atoms in total. The predicted octanol–water partition coefficient (Wildman–Crippen LogP) is 1.63. The second kappa shape index (κ2) is 5.09. The summed E-state index contributed by atoms with van der Waals surface area (Å²) in [5.41, 5.74) is 7.06. The fourth-order valence-electron chi connectivity index (χ4n) is 2.37. The van der Waals surface area contributed by atoms with E-state index in [0.717, 1.165) is 11.3 Å². The van der Waals surface area contributed by atoms with Gasteiger partial charge in [-0.05, 0) is 32.0 Å². The normalized spacial score (nSPS) is 20.3. The molecule has 1 unspecified atom stereocenters. The number of carbonyl (C=O) groups excluding carboxylic acids is 1. The monoisotopic (exact) mass is 264 g/mol. The van der Waals surface area contributed by atoms with Gasteiger partial charge in [0.25, 0.3) is 0 Å². The van der Waals surface area contributed by atoms with Crippen molar-refractivity contribution >= 4 is 11.6 Å². The van der Waals surface area contributed by atoms with Gasteiger partial charge in [-0.15, -0.1) is 0 Å². The Morgan fingerprint density at radius 3 is 3.00 bits per heavy atom. The summed E-state index contributed by atoms with van der Waals surface area (Å²) in [6.07, 6.45) is 0.693. The minimum absolute atomic E-state index is 0.0510. The van der Waals surface area contributed by atoms with Crippen LogP contribution in [0, 0.1) is 0 Å². The minimum atomic E-state index is -0.325. The fourth-order valence-corrected chi connectivity index (χ4v) is 2.37. The molecule has 1 aromatic rings. The van der Waals surface area contributed by atoms with Gasteiger partial charge in [-0.25, -0.2) is 0 Å². The minimum Gasteiger partial charge on any atom is -0.487 e. The lowest BCUT2D eigenvalue weighted by Gasteiger charge is -2.38. The third kappa shape index (κ3) is 3.17. The van der Waals surface area contributed by atoms with Gasteiger partial charge in [-0.1, -0.05) is 0 Å². The van der Waals surface area contributed by atoms with E-state index in [1.807, 2.05) is 26.0 Å². The van der Waals surface area contributed by atoms with E-state index in [9.17, 15) is 4.79 Å². The summed E-state index contributed by atoms with van der Waals surface area (Å²) >= 11 is 0. The molecule has 1 aromatic carbocycles. The van der Waals surface area contributed by atoms with Gasteiger partial charge in [-0.2, -0.15) is 0 Å². The Balaban J connectivity index is 2.28. The van der Waals surface area contributed by atoms with Crippen molar-refractivity contribution in [3.63, 3.8) is 0 Å². The Hall–Kier alpha value is -1.75. The van der Waals surface area contributed by atoms with Gasteiger partial charge >= 0.3 is 0 Å². The Bertz CT molecular complexity index is 486. The van der Waals surface area contributed by atoms with E-state index in [-0.39, 0.29) is 24.2 Å². The number of rotatable bonds is 3. The molecule has 1 aliphatic rings. The van der Waals surface area contributed by atoms with Gasteiger partial charge in [-0.3, -0.25) is 4.79 Å². The summed E-state index contributed by atoms with van der Waals surface area (Å²) in [7, 11) is 1.50. The molecule has 104 valence electrons. The van der Waals surface area contributed by atoms with Crippen molar-refractivity contribution in [2.75, 3.05) is 19.5 Å². The molecule has 1 heterocycles. The number of methoxy groups -OCH3 is 1. The van der Waals surface area contributed by atoms with E-state index in [1.165, 1.54) is 7.11 Å². The van der Waals surface area contributed by atoms with Crippen LogP contribution < -0.4 is 15.8 Å². The summed E-state index contributed by atoms with van der Waals surface area (Å²) in [4.78, 5) is 11.7. The number of ether oxygens (including phenoxy) is 2. The lowest BCUT2D eigenvalue weighted by Crippen LogP contribution is -2.42. The van der Waals surface area contributed by atoms with E-state index < -0.39 is 0 Å². The molecule has 0 fully saturated rings. The molecule has 5 heteroatoms. The predicted molar refractivity (Wildman–Crippen MR) is 72.9 cm³/mol. The number of carbonyl (C=O) groups is 1. The number of amides is 1. The molecule has 0 aromatic heterocycles. The van der Waals surface area contributed by atoms with E-state index in [0.29, 0.717) is 12.1 Å². The maximum atomic E-state index is 11.7. The van der Waals surface area contributed by atoms with E-state index in [4.69, 9.17) is 15.2 Å². The molecule has 19 heavy (non-hydrogen) atoms. The Morgan fingerprint density at radius 2 is 2.32 bits per heavy atom. The third-order valence-electron chi connectivity index (χ3n) is 3.10. The average Bonchev–Trinajstić information content (AvgIpc) is 2.29. The van der Waals surface area contributed by atoms with Crippen LogP contribution in [0.3, 0.4) is 0 Å². The number of nitrogens with one attached hydrogen (secondary N) is 1. The molecule has 3 N–H and O–H groups in total. The molecule has 0 bridgehead atoms. The molecule has 2 rings (SSSR count). The molecule has 1 amide bonds. The summed E-state index contributed by atoms with van der Waals surface area (Å²) in [6.45, 7) is 4.05. The maximum Gasteiger partial charge on any atom is 0.246 e. The SMILES string of the molecule is COCC(=O)NC1CC(C)(C)Oc2ccc(N)cc21. The molecule has 0 saturated heterocycles. The van der Waals surface area contributed by atoms with Crippen molar-refractivity contribution in [2.24, 2.45) is 0 Å². The quantitative estimate of drug-likeness (QED) is 0.814. The number of benzene rings is 1. The zero-order valence-corrected chi connectivity index (χ0v) is 11.5. The lowest BCUT2D eigenvalue weighted by atomic mass is 9.89. The zero-order valence-electron chi connectivity index (χ0n) is 11.5. The second-order valence-corrected chi connectivity index (χ2v) is 5.42. The van der Waals surface area contributed by atoms with Crippen LogP contribution in [0.4, 0.5) is 5.69 Å². The van der Waals surface area contributed by atoms with Crippen LogP contribution in [0.1, 0.15) is 31.9 Å². The molecule has 0 spiro atoms. The van der Waals surface area contributed by atoms with Gasteiger partial charge in [0.15, 0.2) is 0 Å². The number of nitrogens with two attached hydrogens (primary N) is 1. The highest BCUT2D eigenvalue weighted by Crippen LogP contribution is 2.40. The summed E-state index contributed by atoms with van der Waals surface area (Å²) in [6, 6.07) is 5.39. The van der Waals surface area contributed by atoms with Gasteiger partial charge < -0.3 is 20.5 Å². The van der Waals surface area contributed by atoms with Crippen LogP contribution in [-0.4, -0.2) is 25.2 Å². The standard InChI is InChI=1S/C14H20N2O3/c1-14(2)7-11(16-13(17)8-18-3)10-6-9(15)4-5-12(10)19-14/h4-6,11H,7-8,15H2,1-3H3,(H,16,17). The number of anilines is 1. The summed E-state index contributed by atoms with van der Waals surface area (Å²) < 4.78 is 10.7. The summed E-state index contributed by atoms with van der Waals surface area (Å²) in [5, 5.41) is 2.96. The highest BCUT2D eigenvalue weighted by atomic mass is 16.5. The van der Waals surface area contributed by atoms with Crippen molar-refractivity contribution in [1.82, 2.24) is 5.32 Å². The zero-order chi connectivity index (χ0) is 14.0. The lowest BCUT2D eigenvalue weighted by molar-refractivity contribution is -0.126. The van der Waals surface area contributed by atoms with Gasteiger partial charge in [0.2, 0.25) is 5.91 Å². The second-order valence-electron chi connectivity index (χ2n) is 5.42. The Kier molecular flexibility index (Phi) is 3.66. The van der Waals surface area contributed by atoms with Crippen LogP contribution in [0.25, 0.3) is 0 Å². The molecule has 0 radical (unpaired) electrons. The van der Waals surface area contributed by atoms with Crippen LogP contribution in [-0.2, 0) is 9.53 Å².